The van der Waals surface area contributed by atoms with Crippen LogP contribution >= 0.6 is 0 Å². The van der Waals surface area contributed by atoms with E-state index in [0.29, 0.717) is 11.3 Å². The zero-order valence-electron chi connectivity index (χ0n) is 15.4. The van der Waals surface area contributed by atoms with Crippen LogP contribution in [0.25, 0.3) is 0 Å². The summed E-state index contributed by atoms with van der Waals surface area (Å²) < 4.78 is 11.0. The highest BCUT2D eigenvalue weighted by Crippen LogP contribution is 2.21. The highest BCUT2D eigenvalue weighted by Gasteiger charge is 2.21. The van der Waals surface area contributed by atoms with Crippen molar-refractivity contribution in [2.45, 2.75) is 34.3 Å². The van der Waals surface area contributed by atoms with E-state index >= 15 is 0 Å². The van der Waals surface area contributed by atoms with Crippen molar-refractivity contribution in [3.63, 3.8) is 0 Å². The lowest BCUT2D eigenvalue weighted by molar-refractivity contribution is 0.101. The van der Waals surface area contributed by atoms with Crippen LogP contribution in [-0.2, 0) is 6.61 Å². The standard InChI is InChI=1S/C21H22N2O3/c1-13-5-8-17(9-6-13)25-12-18-16(4)26-23-20(18)21(24)22-19-10-7-14(2)11-15(19)3/h5-11H,12H2,1-4H3,(H,22,24). The van der Waals surface area contributed by atoms with Crippen LogP contribution in [0, 0.1) is 27.7 Å². The van der Waals surface area contributed by atoms with Gasteiger partial charge in [-0.15, -0.1) is 0 Å². The molecule has 5 nitrogen and oxygen atoms in total. The Morgan fingerprint density at radius 3 is 2.42 bits per heavy atom. The number of aryl methyl sites for hydroxylation is 4. The van der Waals surface area contributed by atoms with E-state index in [9.17, 15) is 4.79 Å². The first-order chi connectivity index (χ1) is 12.4. The first kappa shape index (κ1) is 17.7. The molecule has 0 aliphatic heterocycles. The van der Waals surface area contributed by atoms with Gasteiger partial charge in [0.2, 0.25) is 0 Å². The van der Waals surface area contributed by atoms with Crippen molar-refractivity contribution in [2.24, 2.45) is 0 Å². The van der Waals surface area contributed by atoms with Crippen molar-refractivity contribution in [3.8, 4) is 5.75 Å². The third-order valence-electron chi connectivity index (χ3n) is 4.23. The Hall–Kier alpha value is -3.08. The number of ether oxygens (including phenoxy) is 1. The quantitative estimate of drug-likeness (QED) is 0.722. The third-order valence-corrected chi connectivity index (χ3v) is 4.23. The fourth-order valence-electron chi connectivity index (χ4n) is 2.66. The third kappa shape index (κ3) is 3.94. The van der Waals surface area contributed by atoms with Gasteiger partial charge in [0.15, 0.2) is 5.69 Å². The van der Waals surface area contributed by atoms with Crippen LogP contribution in [0.3, 0.4) is 0 Å². The number of carbonyl (C=O) groups excluding carboxylic acids is 1. The minimum absolute atomic E-state index is 0.216. The fraction of sp³-hybridized carbons (Fsp3) is 0.238. The molecule has 3 rings (SSSR count). The van der Waals surface area contributed by atoms with Crippen molar-refractivity contribution in [1.82, 2.24) is 5.16 Å². The summed E-state index contributed by atoms with van der Waals surface area (Å²) in [4.78, 5) is 12.7. The molecule has 0 bridgehead atoms. The number of aromatic nitrogens is 1. The normalized spacial score (nSPS) is 10.6. The maximum Gasteiger partial charge on any atom is 0.278 e. The van der Waals surface area contributed by atoms with Gasteiger partial charge in [0, 0.05) is 5.69 Å². The minimum Gasteiger partial charge on any atom is -0.489 e. The monoisotopic (exact) mass is 350 g/mol. The summed E-state index contributed by atoms with van der Waals surface area (Å²) in [5, 5.41) is 6.81. The van der Waals surface area contributed by atoms with Crippen LogP contribution < -0.4 is 10.1 Å². The molecule has 1 heterocycles. The molecule has 0 unspecified atom stereocenters. The molecule has 0 radical (unpaired) electrons. The molecule has 1 aromatic heterocycles. The Morgan fingerprint density at radius 2 is 1.73 bits per heavy atom. The van der Waals surface area contributed by atoms with Gasteiger partial charge in [-0.3, -0.25) is 4.79 Å². The number of anilines is 1. The average molecular weight is 350 g/mol. The van der Waals surface area contributed by atoms with Crippen molar-refractivity contribution in [3.05, 3.63) is 76.2 Å². The Morgan fingerprint density at radius 1 is 1.04 bits per heavy atom. The van der Waals surface area contributed by atoms with Gasteiger partial charge in [0.1, 0.15) is 18.1 Å². The highest BCUT2D eigenvalue weighted by atomic mass is 16.5. The molecule has 134 valence electrons. The molecule has 5 heteroatoms. The van der Waals surface area contributed by atoms with E-state index in [1.165, 1.54) is 0 Å². The van der Waals surface area contributed by atoms with E-state index in [2.05, 4.69) is 10.5 Å². The summed E-state index contributed by atoms with van der Waals surface area (Å²) in [5.41, 5.74) is 4.95. The van der Waals surface area contributed by atoms with E-state index in [1.54, 1.807) is 6.92 Å². The lowest BCUT2D eigenvalue weighted by Gasteiger charge is -2.09. The van der Waals surface area contributed by atoms with Gasteiger partial charge in [0.05, 0.1) is 5.56 Å². The Bertz CT molecular complexity index is 927. The molecule has 0 atom stereocenters. The number of hydrogen-bond acceptors (Lipinski definition) is 4. The van der Waals surface area contributed by atoms with Gasteiger partial charge in [-0.05, 0) is 51.5 Å². The summed E-state index contributed by atoms with van der Waals surface area (Å²) in [6.45, 7) is 7.98. The van der Waals surface area contributed by atoms with E-state index < -0.39 is 0 Å². The smallest absolute Gasteiger partial charge is 0.278 e. The summed E-state index contributed by atoms with van der Waals surface area (Å²) in [6.07, 6.45) is 0. The molecule has 3 aromatic rings. The van der Waals surface area contributed by atoms with Crippen LogP contribution in [0.4, 0.5) is 5.69 Å². The first-order valence-corrected chi connectivity index (χ1v) is 8.47. The minimum atomic E-state index is -0.309. The van der Waals surface area contributed by atoms with Crippen LogP contribution in [0.15, 0.2) is 47.0 Å². The summed E-state index contributed by atoms with van der Waals surface area (Å²) in [7, 11) is 0. The largest absolute Gasteiger partial charge is 0.489 e. The Kier molecular flexibility index (Phi) is 5.07. The van der Waals surface area contributed by atoms with E-state index in [1.807, 2.05) is 63.2 Å². The van der Waals surface area contributed by atoms with Gasteiger partial charge in [-0.25, -0.2) is 0 Å². The molecule has 26 heavy (non-hydrogen) atoms. The maximum absolute atomic E-state index is 12.7. The fourth-order valence-corrected chi connectivity index (χ4v) is 2.66. The average Bonchev–Trinajstić information content (AvgIpc) is 2.98. The molecule has 1 amide bonds. The number of benzene rings is 2. The number of nitrogens with one attached hydrogen (secondary N) is 1. The predicted octanol–water partition coefficient (Wildman–Crippen LogP) is 4.74. The van der Waals surface area contributed by atoms with Gasteiger partial charge in [0.25, 0.3) is 5.91 Å². The van der Waals surface area contributed by atoms with Gasteiger partial charge < -0.3 is 14.6 Å². The number of rotatable bonds is 5. The lowest BCUT2D eigenvalue weighted by atomic mass is 10.1. The molecule has 0 spiro atoms. The topological polar surface area (TPSA) is 64.4 Å². The second-order valence-corrected chi connectivity index (χ2v) is 6.44. The van der Waals surface area contributed by atoms with Crippen molar-refractivity contribution in [1.29, 1.82) is 0 Å². The molecule has 0 saturated carbocycles. The van der Waals surface area contributed by atoms with E-state index in [0.717, 1.165) is 28.1 Å². The Balaban J connectivity index is 1.76. The first-order valence-electron chi connectivity index (χ1n) is 8.47. The van der Waals surface area contributed by atoms with E-state index in [4.69, 9.17) is 9.26 Å². The summed E-state index contributed by atoms with van der Waals surface area (Å²) in [5.74, 6) is 0.996. The van der Waals surface area contributed by atoms with Crippen LogP contribution in [0.2, 0.25) is 0 Å². The zero-order chi connectivity index (χ0) is 18.7. The van der Waals surface area contributed by atoms with Crippen molar-refractivity contribution >= 4 is 11.6 Å². The van der Waals surface area contributed by atoms with Crippen LogP contribution in [-0.4, -0.2) is 11.1 Å². The van der Waals surface area contributed by atoms with Gasteiger partial charge in [-0.2, -0.15) is 0 Å². The van der Waals surface area contributed by atoms with Gasteiger partial charge >= 0.3 is 0 Å². The molecular formula is C21H22N2O3. The second-order valence-electron chi connectivity index (χ2n) is 6.44. The molecule has 1 N–H and O–H groups in total. The van der Waals surface area contributed by atoms with Gasteiger partial charge in [-0.1, -0.05) is 40.5 Å². The summed E-state index contributed by atoms with van der Waals surface area (Å²) in [6, 6.07) is 13.6. The highest BCUT2D eigenvalue weighted by molar-refractivity contribution is 6.04. The number of amides is 1. The number of hydrogen-bond donors (Lipinski definition) is 1. The molecule has 2 aromatic carbocycles. The molecule has 0 fully saturated rings. The van der Waals surface area contributed by atoms with Crippen LogP contribution in [0.1, 0.15) is 38.5 Å². The van der Waals surface area contributed by atoms with Crippen molar-refractivity contribution < 1.29 is 14.1 Å². The zero-order valence-corrected chi connectivity index (χ0v) is 15.4. The van der Waals surface area contributed by atoms with Crippen molar-refractivity contribution in [2.75, 3.05) is 5.32 Å². The predicted molar refractivity (Wildman–Crippen MR) is 101 cm³/mol. The maximum atomic E-state index is 12.7. The molecule has 0 saturated heterocycles. The molecule has 0 aliphatic carbocycles. The molecule has 0 aliphatic rings. The second kappa shape index (κ2) is 7.44. The number of nitrogens with zero attached hydrogens (tertiary/aromatic N) is 1. The SMILES string of the molecule is Cc1ccc(OCc2c(C(=O)Nc3ccc(C)cc3C)noc2C)cc1. The molecular weight excluding hydrogens is 328 g/mol. The van der Waals surface area contributed by atoms with E-state index in [-0.39, 0.29) is 18.2 Å². The lowest BCUT2D eigenvalue weighted by Crippen LogP contribution is -2.16. The summed E-state index contributed by atoms with van der Waals surface area (Å²) >= 11 is 0. The number of carbonyl (C=O) groups is 1. The van der Waals surface area contributed by atoms with Crippen LogP contribution in [0.5, 0.6) is 5.75 Å². The Labute approximate surface area is 153 Å².